The van der Waals surface area contributed by atoms with Gasteiger partial charge in [-0.25, -0.2) is 9.97 Å². The van der Waals surface area contributed by atoms with E-state index in [9.17, 15) is 0 Å². The minimum Gasteiger partial charge on any atom is -0.264 e. The molecule has 0 fully saturated rings. The highest BCUT2D eigenvalue weighted by molar-refractivity contribution is 5.97. The van der Waals surface area contributed by atoms with Crippen molar-refractivity contribution >= 4 is 0 Å². The lowest BCUT2D eigenvalue weighted by Gasteiger charge is -2.34. The Balaban J connectivity index is 1.48. The Labute approximate surface area is 270 Å². The molecule has 0 N–H and O–H groups in total. The van der Waals surface area contributed by atoms with Gasteiger partial charge in [-0.1, -0.05) is 115 Å². The minimum absolute atomic E-state index is 0.512. The fourth-order valence-electron chi connectivity index (χ4n) is 7.49. The topological polar surface area (TPSA) is 38.7 Å². The number of pyridine rings is 1. The van der Waals surface area contributed by atoms with Gasteiger partial charge in [-0.2, -0.15) is 0 Å². The van der Waals surface area contributed by atoms with Gasteiger partial charge in [0.2, 0.25) is 0 Å². The van der Waals surface area contributed by atoms with Crippen LogP contribution in [-0.2, 0) is 5.41 Å². The highest BCUT2D eigenvalue weighted by atomic mass is 14.9. The number of rotatable bonds is 5. The SMILES string of the molecule is Cc1cc(C)nc(-c2cccc3c2-c2cc(-c4ccccc4-c4ccncc4C)ccc2C3(c2ccccc2)c2ccccc2)n1. The second kappa shape index (κ2) is 11.0. The number of benzene rings is 5. The van der Waals surface area contributed by atoms with E-state index in [0.717, 1.165) is 28.3 Å². The van der Waals surface area contributed by atoms with Crippen LogP contribution < -0.4 is 0 Å². The van der Waals surface area contributed by atoms with Crippen LogP contribution in [0.15, 0.2) is 146 Å². The van der Waals surface area contributed by atoms with Crippen molar-refractivity contribution in [3.05, 3.63) is 185 Å². The molecule has 8 rings (SSSR count). The molecule has 0 radical (unpaired) electrons. The second-order valence-corrected chi connectivity index (χ2v) is 12.2. The molecular formula is C43H33N3. The Hall–Kier alpha value is -5.67. The molecule has 1 aliphatic carbocycles. The number of hydrogen-bond acceptors (Lipinski definition) is 3. The van der Waals surface area contributed by atoms with Gasteiger partial charge in [-0.3, -0.25) is 4.98 Å². The fraction of sp³-hybridized carbons (Fsp3) is 0.0930. The normalized spacial score (nSPS) is 12.8. The van der Waals surface area contributed by atoms with Crippen molar-refractivity contribution in [2.45, 2.75) is 26.2 Å². The average Bonchev–Trinajstić information content (AvgIpc) is 3.39. The zero-order valence-electron chi connectivity index (χ0n) is 26.2. The molecule has 7 aromatic rings. The largest absolute Gasteiger partial charge is 0.264 e. The molecule has 220 valence electrons. The second-order valence-electron chi connectivity index (χ2n) is 12.2. The number of nitrogens with zero attached hydrogens (tertiary/aromatic N) is 3. The van der Waals surface area contributed by atoms with Crippen LogP contribution in [0.2, 0.25) is 0 Å². The molecule has 0 aliphatic heterocycles. The van der Waals surface area contributed by atoms with Gasteiger partial charge in [0.25, 0.3) is 0 Å². The third-order valence-electron chi connectivity index (χ3n) is 9.35. The standard InChI is InChI=1S/C43H33N3/c1-28-27-44-24-23-34(28)36-18-11-10-17-35(36)31-21-22-39-38(26-31)41-37(42-45-29(2)25-30(3)46-42)19-12-20-40(41)43(39,32-13-6-4-7-14-32)33-15-8-5-9-16-33/h4-27H,1-3H3. The summed E-state index contributed by atoms with van der Waals surface area (Å²) in [7, 11) is 0. The molecular weight excluding hydrogens is 558 g/mol. The molecule has 0 amide bonds. The third-order valence-corrected chi connectivity index (χ3v) is 9.35. The molecule has 1 aliphatic rings. The van der Waals surface area contributed by atoms with Gasteiger partial charge >= 0.3 is 0 Å². The molecule has 0 atom stereocenters. The van der Waals surface area contributed by atoms with Gasteiger partial charge in [-0.05, 0) is 100 Å². The van der Waals surface area contributed by atoms with E-state index in [-0.39, 0.29) is 0 Å². The quantitative estimate of drug-likeness (QED) is 0.200. The van der Waals surface area contributed by atoms with Crippen LogP contribution in [0, 0.1) is 20.8 Å². The summed E-state index contributed by atoms with van der Waals surface area (Å²) in [5.41, 5.74) is 15.8. The van der Waals surface area contributed by atoms with Crippen molar-refractivity contribution in [2.24, 2.45) is 0 Å². The van der Waals surface area contributed by atoms with Gasteiger partial charge in [0, 0.05) is 29.3 Å². The summed E-state index contributed by atoms with van der Waals surface area (Å²) < 4.78 is 0. The number of aryl methyl sites for hydroxylation is 3. The molecule has 0 bridgehead atoms. The Morgan fingerprint density at radius 1 is 0.478 bits per heavy atom. The van der Waals surface area contributed by atoms with E-state index in [1.54, 1.807) is 0 Å². The summed E-state index contributed by atoms with van der Waals surface area (Å²) in [4.78, 5) is 14.3. The number of fused-ring (bicyclic) bond motifs is 3. The zero-order valence-corrected chi connectivity index (χ0v) is 26.2. The maximum atomic E-state index is 4.97. The van der Waals surface area contributed by atoms with Crippen molar-refractivity contribution in [1.29, 1.82) is 0 Å². The summed E-state index contributed by atoms with van der Waals surface area (Å²) >= 11 is 0. The van der Waals surface area contributed by atoms with Crippen molar-refractivity contribution in [2.75, 3.05) is 0 Å². The summed E-state index contributed by atoms with van der Waals surface area (Å²) in [5.74, 6) is 0.760. The van der Waals surface area contributed by atoms with Crippen LogP contribution in [0.25, 0.3) is 44.8 Å². The Morgan fingerprint density at radius 2 is 1.11 bits per heavy atom. The van der Waals surface area contributed by atoms with Crippen molar-refractivity contribution in [3.8, 4) is 44.8 Å². The highest BCUT2D eigenvalue weighted by Gasteiger charge is 2.47. The van der Waals surface area contributed by atoms with Gasteiger partial charge in [0.05, 0.1) is 5.41 Å². The minimum atomic E-state index is -0.512. The molecule has 0 saturated heterocycles. The Kier molecular flexibility index (Phi) is 6.69. The Bertz CT molecular complexity index is 2180. The van der Waals surface area contributed by atoms with Gasteiger partial charge in [0.15, 0.2) is 5.82 Å². The average molecular weight is 592 g/mol. The van der Waals surface area contributed by atoms with Crippen molar-refractivity contribution in [3.63, 3.8) is 0 Å². The van der Waals surface area contributed by atoms with E-state index in [4.69, 9.17) is 9.97 Å². The molecule has 46 heavy (non-hydrogen) atoms. The van der Waals surface area contributed by atoms with Gasteiger partial charge < -0.3 is 0 Å². The van der Waals surface area contributed by atoms with E-state index in [0.29, 0.717) is 0 Å². The van der Waals surface area contributed by atoms with E-state index >= 15 is 0 Å². The summed E-state index contributed by atoms with van der Waals surface area (Å²) in [6, 6.07) is 48.4. The maximum absolute atomic E-state index is 4.97. The summed E-state index contributed by atoms with van der Waals surface area (Å²) in [5, 5.41) is 0. The lowest BCUT2D eigenvalue weighted by atomic mass is 9.67. The van der Waals surface area contributed by atoms with E-state index < -0.39 is 5.41 Å². The first-order valence-electron chi connectivity index (χ1n) is 15.8. The van der Waals surface area contributed by atoms with E-state index in [2.05, 4.69) is 139 Å². The molecule has 3 heteroatoms. The van der Waals surface area contributed by atoms with Crippen LogP contribution in [-0.4, -0.2) is 15.0 Å². The number of hydrogen-bond donors (Lipinski definition) is 0. The van der Waals surface area contributed by atoms with E-state index in [1.165, 1.54) is 55.6 Å². The monoisotopic (exact) mass is 591 g/mol. The number of aromatic nitrogens is 3. The summed E-state index contributed by atoms with van der Waals surface area (Å²) in [6.45, 7) is 6.22. The van der Waals surface area contributed by atoms with Gasteiger partial charge in [-0.15, -0.1) is 0 Å². The first-order chi connectivity index (χ1) is 22.6. The van der Waals surface area contributed by atoms with Crippen molar-refractivity contribution in [1.82, 2.24) is 15.0 Å². The molecule has 0 unspecified atom stereocenters. The summed E-state index contributed by atoms with van der Waals surface area (Å²) in [6.07, 6.45) is 3.82. The van der Waals surface area contributed by atoms with Crippen LogP contribution in [0.4, 0.5) is 0 Å². The van der Waals surface area contributed by atoms with Crippen LogP contribution >= 0.6 is 0 Å². The first kappa shape index (κ1) is 27.8. The zero-order chi connectivity index (χ0) is 31.3. The highest BCUT2D eigenvalue weighted by Crippen LogP contribution is 2.58. The van der Waals surface area contributed by atoms with Crippen LogP contribution in [0.5, 0.6) is 0 Å². The van der Waals surface area contributed by atoms with Crippen LogP contribution in [0.3, 0.4) is 0 Å². The van der Waals surface area contributed by atoms with Gasteiger partial charge in [0.1, 0.15) is 0 Å². The molecule has 0 spiro atoms. The Morgan fingerprint density at radius 3 is 1.78 bits per heavy atom. The molecule has 3 nitrogen and oxygen atoms in total. The van der Waals surface area contributed by atoms with E-state index in [1.807, 2.05) is 32.3 Å². The lowest BCUT2D eigenvalue weighted by Crippen LogP contribution is -2.28. The van der Waals surface area contributed by atoms with Crippen LogP contribution in [0.1, 0.15) is 39.2 Å². The first-order valence-corrected chi connectivity index (χ1v) is 15.8. The molecule has 5 aromatic carbocycles. The fourth-order valence-corrected chi connectivity index (χ4v) is 7.49. The smallest absolute Gasteiger partial charge is 0.160 e. The molecule has 2 heterocycles. The lowest BCUT2D eigenvalue weighted by molar-refractivity contribution is 0.768. The van der Waals surface area contributed by atoms with Crippen molar-refractivity contribution < 1.29 is 0 Å². The maximum Gasteiger partial charge on any atom is 0.160 e. The molecule has 2 aromatic heterocycles. The predicted octanol–water partition coefficient (Wildman–Crippen LogP) is 10.2. The molecule has 0 saturated carbocycles. The predicted molar refractivity (Wildman–Crippen MR) is 188 cm³/mol. The third kappa shape index (κ3) is 4.31.